The van der Waals surface area contributed by atoms with Crippen LogP contribution in [0, 0.1) is 0 Å². The van der Waals surface area contributed by atoms with Crippen molar-refractivity contribution in [3.63, 3.8) is 0 Å². The van der Waals surface area contributed by atoms with Crippen LogP contribution in [0.4, 0.5) is 0 Å². The molecule has 4 rings (SSSR count). The number of thioether (sulfide) groups is 1. The number of nitrogens with zero attached hydrogens (tertiary/aromatic N) is 4. The number of unbranched alkanes of at least 4 members (excludes halogenated alkanes) is 8. The fraction of sp³-hybridized carbons (Fsp3) is 0.559. The van der Waals surface area contributed by atoms with Gasteiger partial charge in [0, 0.05) is 29.6 Å². The molecule has 0 N–H and O–H groups in total. The molecule has 0 saturated heterocycles. The molecule has 1 atom stereocenters. The number of allylic oxidation sites excluding steroid dienone is 1. The Balaban J connectivity index is 1.52. The first-order chi connectivity index (χ1) is 20.1. The number of amidine groups is 1. The maximum Gasteiger partial charge on any atom is 0.277 e. The number of oxime groups is 1. The number of rotatable bonds is 18. The van der Waals surface area contributed by atoms with Gasteiger partial charge in [-0.25, -0.2) is 0 Å². The van der Waals surface area contributed by atoms with Crippen molar-refractivity contribution in [1.29, 1.82) is 0 Å². The predicted molar refractivity (Wildman–Crippen MR) is 172 cm³/mol. The van der Waals surface area contributed by atoms with E-state index in [1.807, 2.05) is 6.08 Å². The van der Waals surface area contributed by atoms with Gasteiger partial charge in [0.25, 0.3) is 5.56 Å². The molecule has 0 radical (unpaired) electrons. The topological polar surface area (TPSA) is 59.7 Å². The van der Waals surface area contributed by atoms with Crippen LogP contribution < -0.4 is 5.56 Å². The van der Waals surface area contributed by atoms with Crippen LogP contribution in [-0.2, 0) is 30.0 Å². The maximum atomic E-state index is 12.9. The Morgan fingerprint density at radius 2 is 1.78 bits per heavy atom. The van der Waals surface area contributed by atoms with E-state index in [0.717, 1.165) is 72.1 Å². The summed E-state index contributed by atoms with van der Waals surface area (Å²) >= 11 is 1.62. The molecular weight excluding hydrogens is 528 g/mol. The fourth-order valence-corrected chi connectivity index (χ4v) is 6.53. The fourth-order valence-electron chi connectivity index (χ4n) is 5.57. The second kappa shape index (κ2) is 16.6. The summed E-state index contributed by atoms with van der Waals surface area (Å²) in [5.41, 5.74) is 4.21. The lowest BCUT2D eigenvalue weighted by Crippen LogP contribution is -2.35. The highest BCUT2D eigenvalue weighted by atomic mass is 32.2. The molecule has 41 heavy (non-hydrogen) atoms. The third kappa shape index (κ3) is 8.84. The zero-order chi connectivity index (χ0) is 28.9. The van der Waals surface area contributed by atoms with Gasteiger partial charge in [0.2, 0.25) is 6.23 Å². The van der Waals surface area contributed by atoms with Crippen LogP contribution in [0.1, 0.15) is 113 Å². The van der Waals surface area contributed by atoms with E-state index in [1.54, 1.807) is 11.8 Å². The van der Waals surface area contributed by atoms with E-state index in [1.165, 1.54) is 56.9 Å². The van der Waals surface area contributed by atoms with Gasteiger partial charge in [0.1, 0.15) is 0 Å². The maximum absolute atomic E-state index is 12.9. The lowest BCUT2D eigenvalue weighted by atomic mass is 10.1. The Morgan fingerprint density at radius 1 is 1.02 bits per heavy atom. The van der Waals surface area contributed by atoms with Gasteiger partial charge in [0.05, 0.1) is 6.54 Å². The zero-order valence-electron chi connectivity index (χ0n) is 25.2. The Bertz CT molecular complexity index is 1230. The Hall–Kier alpha value is -2.80. The Morgan fingerprint density at radius 3 is 2.54 bits per heavy atom. The molecule has 1 unspecified atom stereocenters. The van der Waals surface area contributed by atoms with Crippen molar-refractivity contribution >= 4 is 23.7 Å². The summed E-state index contributed by atoms with van der Waals surface area (Å²) in [6.45, 7) is 8.90. The van der Waals surface area contributed by atoms with Gasteiger partial charge in [-0.15, -0.1) is 0 Å². The van der Waals surface area contributed by atoms with E-state index in [0.29, 0.717) is 6.54 Å². The van der Waals surface area contributed by atoms with Gasteiger partial charge >= 0.3 is 0 Å². The van der Waals surface area contributed by atoms with Crippen LogP contribution in [0.3, 0.4) is 0 Å². The highest BCUT2D eigenvalue weighted by Crippen LogP contribution is 2.28. The van der Waals surface area contributed by atoms with Crippen LogP contribution in [0.5, 0.6) is 0 Å². The third-order valence-corrected chi connectivity index (χ3v) is 9.06. The van der Waals surface area contributed by atoms with Crippen LogP contribution in [0.15, 0.2) is 58.2 Å². The average Bonchev–Trinajstić information content (AvgIpc) is 3.63. The lowest BCUT2D eigenvalue weighted by Gasteiger charge is -2.24. The van der Waals surface area contributed by atoms with E-state index in [4.69, 9.17) is 4.84 Å². The zero-order valence-corrected chi connectivity index (χ0v) is 26.0. The second-order valence-corrected chi connectivity index (χ2v) is 12.2. The highest BCUT2D eigenvalue weighted by Gasteiger charge is 2.30. The molecular formula is C34H48N4O2S. The summed E-state index contributed by atoms with van der Waals surface area (Å²) < 4.78 is 2.24. The molecule has 1 aliphatic carbocycles. The van der Waals surface area contributed by atoms with Crippen molar-refractivity contribution in [2.75, 3.05) is 0 Å². The van der Waals surface area contributed by atoms with E-state index in [-0.39, 0.29) is 11.8 Å². The molecule has 1 aromatic heterocycles. The number of hydrogen-bond acceptors (Lipinski definition) is 6. The van der Waals surface area contributed by atoms with Gasteiger partial charge < -0.3 is 9.40 Å². The van der Waals surface area contributed by atoms with Crippen molar-refractivity contribution in [2.45, 2.75) is 127 Å². The molecule has 0 amide bonds. The molecule has 222 valence electrons. The number of aromatic nitrogens is 2. The standard InChI is InChI=1S/C34H48N4O2S/c1-4-7-9-11-13-15-24-37-31(36-40-32(37)19-14-12-10-8-5-2)25-38-30-18-16-17-29(30)33(39)35-34(38)41-26-28-22-20-27(6-3)21-23-28/h6,15,20-24,32H,3-5,7-14,16-19,25-26H2,1-2H3. The van der Waals surface area contributed by atoms with E-state index in [2.05, 4.69) is 76.6 Å². The molecule has 0 spiro atoms. The van der Waals surface area contributed by atoms with Crippen molar-refractivity contribution in [3.8, 4) is 0 Å². The number of benzene rings is 1. The van der Waals surface area contributed by atoms with Crippen molar-refractivity contribution < 1.29 is 4.84 Å². The highest BCUT2D eigenvalue weighted by molar-refractivity contribution is 7.98. The Kier molecular flexibility index (Phi) is 12.6. The molecule has 2 heterocycles. The predicted octanol–water partition coefficient (Wildman–Crippen LogP) is 8.48. The molecule has 0 bridgehead atoms. The normalized spacial score (nSPS) is 16.3. The minimum atomic E-state index is -0.0725. The van der Waals surface area contributed by atoms with Gasteiger partial charge in [-0.3, -0.25) is 9.69 Å². The van der Waals surface area contributed by atoms with Gasteiger partial charge in [-0.05, 0) is 49.7 Å². The summed E-state index contributed by atoms with van der Waals surface area (Å²) in [4.78, 5) is 25.8. The monoisotopic (exact) mass is 576 g/mol. The minimum absolute atomic E-state index is 0.0709. The lowest BCUT2D eigenvalue weighted by molar-refractivity contribution is 0.0198. The second-order valence-electron chi connectivity index (χ2n) is 11.2. The molecule has 1 aromatic carbocycles. The van der Waals surface area contributed by atoms with Gasteiger partial charge in [0.15, 0.2) is 11.0 Å². The number of fused-ring (bicyclic) bond motifs is 1. The Labute approximate surface area is 251 Å². The third-order valence-electron chi connectivity index (χ3n) is 8.02. The summed E-state index contributed by atoms with van der Waals surface area (Å²) in [5.74, 6) is 1.64. The largest absolute Gasteiger partial charge is 0.368 e. The SMILES string of the molecule is C=Cc1ccc(CSc2nc(=O)c3c(n2CC2=NOC(CCCCCCC)N2C=CCCCCCC)CCC3)cc1. The first-order valence-electron chi connectivity index (χ1n) is 15.8. The van der Waals surface area contributed by atoms with E-state index in [9.17, 15) is 4.79 Å². The molecule has 6 nitrogen and oxygen atoms in total. The smallest absolute Gasteiger partial charge is 0.277 e. The van der Waals surface area contributed by atoms with Crippen LogP contribution in [0.25, 0.3) is 6.08 Å². The molecule has 2 aromatic rings. The average molecular weight is 577 g/mol. The van der Waals surface area contributed by atoms with Gasteiger partial charge in [-0.1, -0.05) is 119 Å². The molecule has 0 fully saturated rings. The summed E-state index contributed by atoms with van der Waals surface area (Å²) in [6.07, 6.45) is 22.2. The van der Waals surface area contributed by atoms with E-state index >= 15 is 0 Å². The first kappa shape index (κ1) is 31.1. The molecule has 1 aliphatic heterocycles. The summed E-state index contributed by atoms with van der Waals surface area (Å²) in [5, 5.41) is 5.37. The first-order valence-corrected chi connectivity index (χ1v) is 16.8. The summed E-state index contributed by atoms with van der Waals surface area (Å²) in [7, 11) is 0. The molecule has 2 aliphatic rings. The summed E-state index contributed by atoms with van der Waals surface area (Å²) in [6, 6.07) is 8.39. The van der Waals surface area contributed by atoms with Crippen LogP contribution in [0.2, 0.25) is 0 Å². The van der Waals surface area contributed by atoms with Crippen molar-refractivity contribution in [3.05, 3.63) is 75.9 Å². The van der Waals surface area contributed by atoms with Crippen molar-refractivity contribution in [1.82, 2.24) is 14.5 Å². The van der Waals surface area contributed by atoms with E-state index < -0.39 is 0 Å². The van der Waals surface area contributed by atoms with Crippen LogP contribution >= 0.6 is 11.8 Å². The van der Waals surface area contributed by atoms with Crippen molar-refractivity contribution in [2.24, 2.45) is 5.16 Å². The number of hydrogen-bond donors (Lipinski definition) is 0. The van der Waals surface area contributed by atoms with Gasteiger partial charge in [-0.2, -0.15) is 4.98 Å². The molecule has 7 heteroatoms. The molecule has 0 saturated carbocycles. The minimum Gasteiger partial charge on any atom is -0.368 e. The van der Waals surface area contributed by atoms with Crippen LogP contribution in [-0.4, -0.2) is 26.5 Å². The quantitative estimate of drug-likeness (QED) is 0.101.